The zero-order chi connectivity index (χ0) is 22.0. The van der Waals surface area contributed by atoms with Gasteiger partial charge in [0.15, 0.2) is 17.3 Å². The zero-order valence-electron chi connectivity index (χ0n) is 17.5. The fourth-order valence-corrected chi connectivity index (χ4v) is 4.22. The van der Waals surface area contributed by atoms with E-state index in [4.69, 9.17) is 14.2 Å². The van der Waals surface area contributed by atoms with Gasteiger partial charge in [-0.25, -0.2) is 9.50 Å². The number of aromatic nitrogens is 4. The molecule has 0 bridgehead atoms. The average molecular weight is 442 g/mol. The van der Waals surface area contributed by atoms with Gasteiger partial charge >= 0.3 is 5.97 Å². The van der Waals surface area contributed by atoms with E-state index in [1.165, 1.54) is 16.3 Å². The molecule has 3 aromatic rings. The van der Waals surface area contributed by atoms with Crippen molar-refractivity contribution in [3.05, 3.63) is 41.2 Å². The minimum atomic E-state index is -0.327. The Morgan fingerprint density at radius 3 is 2.74 bits per heavy atom. The summed E-state index contributed by atoms with van der Waals surface area (Å²) in [5, 5.41) is 4.73. The van der Waals surface area contributed by atoms with Crippen molar-refractivity contribution in [3.63, 3.8) is 0 Å². The number of methoxy groups -OCH3 is 2. The van der Waals surface area contributed by atoms with Crippen LogP contribution >= 0.6 is 11.8 Å². The summed E-state index contributed by atoms with van der Waals surface area (Å²) >= 11 is 1.17. The van der Waals surface area contributed by atoms with Crippen LogP contribution in [0.3, 0.4) is 0 Å². The minimum absolute atomic E-state index is 0.00617. The van der Waals surface area contributed by atoms with Crippen LogP contribution in [0, 0.1) is 0 Å². The lowest BCUT2D eigenvalue weighted by molar-refractivity contribution is -0.139. The van der Waals surface area contributed by atoms with Gasteiger partial charge < -0.3 is 14.2 Å². The van der Waals surface area contributed by atoms with Crippen molar-refractivity contribution < 1.29 is 23.8 Å². The number of carbonyl (C=O) groups is 2. The normalized spacial score (nSPS) is 15.6. The Hall–Kier alpha value is -3.14. The molecule has 0 spiro atoms. The molecule has 0 radical (unpaired) electrons. The summed E-state index contributed by atoms with van der Waals surface area (Å²) in [7, 11) is 3.18. The van der Waals surface area contributed by atoms with Gasteiger partial charge in [0.25, 0.3) is 5.78 Å². The van der Waals surface area contributed by atoms with Crippen LogP contribution < -0.4 is 9.47 Å². The number of ketones is 1. The van der Waals surface area contributed by atoms with Crippen LogP contribution in [0.2, 0.25) is 0 Å². The molecular formula is C21H22N4O5S. The summed E-state index contributed by atoms with van der Waals surface area (Å²) in [5.41, 5.74) is 2.24. The Kier molecular flexibility index (Phi) is 6.08. The van der Waals surface area contributed by atoms with Crippen LogP contribution in [0.5, 0.6) is 11.5 Å². The molecule has 0 amide bonds. The van der Waals surface area contributed by atoms with Crippen molar-refractivity contribution in [2.75, 3.05) is 26.6 Å². The number of rotatable bonds is 7. The number of fused-ring (bicyclic) bond motifs is 2. The van der Waals surface area contributed by atoms with Crippen LogP contribution in [0.25, 0.3) is 5.78 Å². The summed E-state index contributed by atoms with van der Waals surface area (Å²) in [4.78, 5) is 33.4. The second-order valence-corrected chi connectivity index (χ2v) is 7.92. The molecule has 2 aromatic heterocycles. The number of ether oxygens (including phenoxy) is 3. The predicted octanol–water partition coefficient (Wildman–Crippen LogP) is 2.71. The molecule has 10 heteroatoms. The molecule has 31 heavy (non-hydrogen) atoms. The number of benzene rings is 1. The van der Waals surface area contributed by atoms with Gasteiger partial charge in [-0.05, 0) is 37.0 Å². The molecule has 9 nitrogen and oxygen atoms in total. The smallest absolute Gasteiger partial charge is 0.316 e. The van der Waals surface area contributed by atoms with E-state index in [1.54, 1.807) is 27.3 Å². The molecule has 0 saturated heterocycles. The summed E-state index contributed by atoms with van der Waals surface area (Å²) < 4.78 is 17.1. The number of nitrogens with zero attached hydrogens (tertiary/aromatic N) is 4. The fourth-order valence-electron chi connectivity index (χ4n) is 3.59. The molecule has 0 N–H and O–H groups in total. The Balaban J connectivity index is 1.59. The number of esters is 1. The molecule has 0 fully saturated rings. The summed E-state index contributed by atoms with van der Waals surface area (Å²) in [5.74, 6) is 1.44. The van der Waals surface area contributed by atoms with E-state index in [0.29, 0.717) is 53.1 Å². The highest BCUT2D eigenvalue weighted by molar-refractivity contribution is 7.99. The third-order valence-corrected chi connectivity index (χ3v) is 5.88. The van der Waals surface area contributed by atoms with Gasteiger partial charge in [-0.2, -0.15) is 4.98 Å². The third kappa shape index (κ3) is 4.34. The molecule has 1 aliphatic carbocycles. The summed E-state index contributed by atoms with van der Waals surface area (Å²) in [6.45, 7) is 2.09. The van der Waals surface area contributed by atoms with E-state index >= 15 is 0 Å². The monoisotopic (exact) mass is 442 g/mol. The van der Waals surface area contributed by atoms with E-state index in [-0.39, 0.29) is 23.4 Å². The molecule has 2 heterocycles. The maximum atomic E-state index is 12.9. The highest BCUT2D eigenvalue weighted by Gasteiger charge is 2.29. The molecule has 4 rings (SSSR count). The van der Waals surface area contributed by atoms with Crippen molar-refractivity contribution >= 4 is 29.3 Å². The molecule has 0 aliphatic heterocycles. The topological polar surface area (TPSA) is 105 Å². The lowest BCUT2D eigenvalue weighted by Gasteiger charge is -2.23. The van der Waals surface area contributed by atoms with Crippen LogP contribution in [-0.4, -0.2) is 57.9 Å². The Labute approximate surface area is 183 Å². The Morgan fingerprint density at radius 2 is 2.00 bits per heavy atom. The maximum Gasteiger partial charge on any atom is 0.316 e. The minimum Gasteiger partial charge on any atom is -0.493 e. The number of hydrogen-bond donors (Lipinski definition) is 0. The molecule has 162 valence electrons. The van der Waals surface area contributed by atoms with Gasteiger partial charge in [0, 0.05) is 12.6 Å². The number of hydrogen-bond acceptors (Lipinski definition) is 9. The third-order valence-electron chi connectivity index (χ3n) is 5.07. The van der Waals surface area contributed by atoms with E-state index in [2.05, 4.69) is 15.1 Å². The number of thioether (sulfide) groups is 1. The second kappa shape index (κ2) is 8.93. The molecule has 1 atom stereocenters. The SMILES string of the molecule is CCOC(=O)CSc1nc2nc3c(cn2n1)C(=O)C[C@H](c1ccc(OC)c(OC)c1)C3. The highest BCUT2D eigenvalue weighted by atomic mass is 32.2. The average Bonchev–Trinajstić information content (AvgIpc) is 3.18. The van der Waals surface area contributed by atoms with E-state index < -0.39 is 0 Å². The van der Waals surface area contributed by atoms with Crippen molar-refractivity contribution in [1.82, 2.24) is 19.6 Å². The van der Waals surface area contributed by atoms with Crippen LogP contribution in [0.4, 0.5) is 0 Å². The second-order valence-electron chi connectivity index (χ2n) is 6.98. The molecule has 0 saturated carbocycles. The first-order valence-corrected chi connectivity index (χ1v) is 10.8. The van der Waals surface area contributed by atoms with E-state index in [9.17, 15) is 9.59 Å². The Bertz CT molecular complexity index is 1150. The fraction of sp³-hybridized carbons (Fsp3) is 0.381. The van der Waals surface area contributed by atoms with Gasteiger partial charge in [-0.1, -0.05) is 17.8 Å². The van der Waals surface area contributed by atoms with Crippen molar-refractivity contribution in [2.24, 2.45) is 0 Å². The van der Waals surface area contributed by atoms with Crippen LogP contribution in [0.15, 0.2) is 29.6 Å². The van der Waals surface area contributed by atoms with Gasteiger partial charge in [0.1, 0.15) is 0 Å². The molecule has 0 unspecified atom stereocenters. The summed E-state index contributed by atoms with van der Waals surface area (Å²) in [6.07, 6.45) is 2.65. The van der Waals surface area contributed by atoms with Crippen molar-refractivity contribution in [2.45, 2.75) is 30.8 Å². The first-order chi connectivity index (χ1) is 15.0. The van der Waals surface area contributed by atoms with Crippen LogP contribution in [0.1, 0.15) is 40.9 Å². The number of Topliss-reactive ketones (excluding diaryl/α,β-unsaturated/α-hetero) is 1. The standard InChI is InChI=1S/C21H22N4O5S/c1-4-30-19(27)11-31-21-23-20-22-15-7-13(8-16(26)14(15)10-25(20)24-21)12-5-6-17(28-2)18(9-12)29-3/h5-6,9-10,13H,4,7-8,11H2,1-3H3/t13-/m1/s1. The maximum absolute atomic E-state index is 12.9. The molecular weight excluding hydrogens is 420 g/mol. The Morgan fingerprint density at radius 1 is 1.19 bits per heavy atom. The zero-order valence-corrected chi connectivity index (χ0v) is 18.3. The van der Waals surface area contributed by atoms with Gasteiger partial charge in [-0.15, -0.1) is 5.10 Å². The van der Waals surface area contributed by atoms with Gasteiger partial charge in [-0.3, -0.25) is 9.59 Å². The molecule has 1 aromatic carbocycles. The lowest BCUT2D eigenvalue weighted by Crippen LogP contribution is -2.21. The number of carbonyl (C=O) groups excluding carboxylic acids is 2. The first kappa shape index (κ1) is 21.1. The highest BCUT2D eigenvalue weighted by Crippen LogP contribution is 2.36. The van der Waals surface area contributed by atoms with Crippen molar-refractivity contribution in [1.29, 1.82) is 0 Å². The first-order valence-electron chi connectivity index (χ1n) is 9.82. The van der Waals surface area contributed by atoms with Crippen LogP contribution in [-0.2, 0) is 16.0 Å². The quantitative estimate of drug-likeness (QED) is 0.403. The molecule has 1 aliphatic rings. The predicted molar refractivity (Wildman–Crippen MR) is 113 cm³/mol. The van der Waals surface area contributed by atoms with Gasteiger partial charge in [0.2, 0.25) is 5.16 Å². The van der Waals surface area contributed by atoms with Gasteiger partial charge in [0.05, 0.1) is 37.8 Å². The lowest BCUT2D eigenvalue weighted by atomic mass is 9.82. The largest absolute Gasteiger partial charge is 0.493 e. The van der Waals surface area contributed by atoms with Crippen molar-refractivity contribution in [3.8, 4) is 11.5 Å². The van der Waals surface area contributed by atoms with E-state index in [1.807, 2.05) is 18.2 Å². The van der Waals surface area contributed by atoms with E-state index in [0.717, 1.165) is 5.56 Å². The summed E-state index contributed by atoms with van der Waals surface area (Å²) in [6, 6.07) is 5.70.